The third kappa shape index (κ3) is 7.25. The summed E-state index contributed by atoms with van der Waals surface area (Å²) in [5.41, 5.74) is 0.0450. The minimum absolute atomic E-state index is 0.0865. The molecule has 3 rings (SSSR count). The number of hydrogen-bond acceptors (Lipinski definition) is 6. The molecule has 0 unspecified atom stereocenters. The number of rotatable bonds is 11. The number of nitrogens with zero attached hydrogens (tertiary/aromatic N) is 3. The molecule has 0 saturated carbocycles. The predicted molar refractivity (Wildman–Crippen MR) is 149 cm³/mol. The maximum absolute atomic E-state index is 13.8. The monoisotopic (exact) mass is 592 g/mol. The number of carbonyl (C=O) groups is 2. The van der Waals surface area contributed by atoms with Crippen molar-refractivity contribution >= 4 is 56.4 Å². The number of carbonyl (C=O) groups excluding carboxylic acids is 2. The SMILES string of the molecule is CCNC(=O)[C@@H](C)N(Cc1ccc(Cl)cc1Cl)C(=O)CN(c1cccc([N+](=O)[O-])c1)S(=O)(=O)c1ccccc1. The van der Waals surface area contributed by atoms with Crippen molar-refractivity contribution in [1.82, 2.24) is 10.2 Å². The summed E-state index contributed by atoms with van der Waals surface area (Å²) in [6, 6.07) is 16.0. The Labute approximate surface area is 236 Å². The molecule has 0 fully saturated rings. The number of halogens is 2. The van der Waals surface area contributed by atoms with Gasteiger partial charge >= 0.3 is 0 Å². The third-order valence-electron chi connectivity index (χ3n) is 5.81. The second-order valence-electron chi connectivity index (χ2n) is 8.43. The van der Waals surface area contributed by atoms with E-state index in [0.717, 1.165) is 10.4 Å². The molecule has 0 radical (unpaired) electrons. The summed E-state index contributed by atoms with van der Waals surface area (Å²) in [5, 5.41) is 14.7. The molecular weight excluding hydrogens is 567 g/mol. The highest BCUT2D eigenvalue weighted by Crippen LogP contribution is 2.28. The number of nitrogens with one attached hydrogen (secondary N) is 1. The zero-order valence-corrected chi connectivity index (χ0v) is 23.4. The van der Waals surface area contributed by atoms with Crippen molar-refractivity contribution in [2.75, 3.05) is 17.4 Å². The van der Waals surface area contributed by atoms with Crippen LogP contribution in [0.3, 0.4) is 0 Å². The normalized spacial score (nSPS) is 11.9. The van der Waals surface area contributed by atoms with Gasteiger partial charge in [0, 0.05) is 35.3 Å². The molecule has 206 valence electrons. The van der Waals surface area contributed by atoms with E-state index in [2.05, 4.69) is 5.32 Å². The first-order chi connectivity index (χ1) is 18.4. The predicted octanol–water partition coefficient (Wildman–Crippen LogP) is 4.65. The van der Waals surface area contributed by atoms with Gasteiger partial charge < -0.3 is 10.2 Å². The molecule has 2 amide bonds. The van der Waals surface area contributed by atoms with E-state index in [4.69, 9.17) is 23.2 Å². The number of non-ortho nitro benzene ring substituents is 1. The Morgan fingerprint density at radius 3 is 2.33 bits per heavy atom. The third-order valence-corrected chi connectivity index (χ3v) is 8.19. The molecule has 10 nitrogen and oxygen atoms in total. The van der Waals surface area contributed by atoms with Gasteiger partial charge in [0.15, 0.2) is 0 Å². The highest BCUT2D eigenvalue weighted by molar-refractivity contribution is 7.92. The maximum atomic E-state index is 13.8. The van der Waals surface area contributed by atoms with Gasteiger partial charge in [0.2, 0.25) is 11.8 Å². The summed E-state index contributed by atoms with van der Waals surface area (Å²) in [6.07, 6.45) is 0. The number of benzene rings is 3. The fourth-order valence-corrected chi connectivity index (χ4v) is 5.64. The van der Waals surface area contributed by atoms with E-state index in [9.17, 15) is 28.1 Å². The molecular formula is C26H26Cl2N4O6S. The number of anilines is 1. The zero-order valence-electron chi connectivity index (χ0n) is 21.1. The van der Waals surface area contributed by atoms with Crippen molar-refractivity contribution in [3.05, 3.63) is 98.5 Å². The van der Waals surface area contributed by atoms with E-state index in [1.165, 1.54) is 60.4 Å². The van der Waals surface area contributed by atoms with Crippen LogP contribution in [0.25, 0.3) is 0 Å². The van der Waals surface area contributed by atoms with Crippen LogP contribution in [-0.4, -0.2) is 49.2 Å². The number of nitro groups is 1. The average Bonchev–Trinajstić information content (AvgIpc) is 2.91. The Hall–Kier alpha value is -3.67. The van der Waals surface area contributed by atoms with Crippen LogP contribution in [0.15, 0.2) is 77.7 Å². The second-order valence-corrected chi connectivity index (χ2v) is 11.1. The molecule has 0 aromatic heterocycles. The first-order valence-corrected chi connectivity index (χ1v) is 14.0. The van der Waals surface area contributed by atoms with Crippen molar-refractivity contribution in [2.45, 2.75) is 31.3 Å². The molecule has 0 aliphatic carbocycles. The van der Waals surface area contributed by atoms with Crippen molar-refractivity contribution in [3.8, 4) is 0 Å². The molecule has 0 spiro atoms. The topological polar surface area (TPSA) is 130 Å². The van der Waals surface area contributed by atoms with Crippen molar-refractivity contribution < 1.29 is 22.9 Å². The summed E-state index contributed by atoms with van der Waals surface area (Å²) in [7, 11) is -4.35. The van der Waals surface area contributed by atoms with Crippen molar-refractivity contribution in [3.63, 3.8) is 0 Å². The molecule has 0 saturated heterocycles. The van der Waals surface area contributed by atoms with E-state index in [-0.39, 0.29) is 27.8 Å². The molecule has 0 aliphatic heterocycles. The molecule has 1 atom stereocenters. The Balaban J connectivity index is 2.08. The lowest BCUT2D eigenvalue weighted by Crippen LogP contribution is -2.51. The van der Waals surface area contributed by atoms with Crippen LogP contribution >= 0.6 is 23.2 Å². The summed E-state index contributed by atoms with van der Waals surface area (Å²) in [4.78, 5) is 38.4. The van der Waals surface area contributed by atoms with Crippen LogP contribution in [0.1, 0.15) is 19.4 Å². The number of likely N-dealkylation sites (N-methyl/N-ethyl adjacent to an activating group) is 1. The Morgan fingerprint density at radius 1 is 1.03 bits per heavy atom. The Bertz CT molecular complexity index is 1470. The Morgan fingerprint density at radius 2 is 1.72 bits per heavy atom. The Kier molecular flexibility index (Phi) is 9.90. The first kappa shape index (κ1) is 29.9. The van der Waals surface area contributed by atoms with Gasteiger partial charge in [-0.1, -0.05) is 53.5 Å². The molecule has 1 N–H and O–H groups in total. The highest BCUT2D eigenvalue weighted by Gasteiger charge is 2.33. The van der Waals surface area contributed by atoms with Crippen LogP contribution in [0.5, 0.6) is 0 Å². The van der Waals surface area contributed by atoms with E-state index >= 15 is 0 Å². The lowest BCUT2D eigenvalue weighted by molar-refractivity contribution is -0.384. The van der Waals surface area contributed by atoms with Crippen LogP contribution < -0.4 is 9.62 Å². The lowest BCUT2D eigenvalue weighted by Gasteiger charge is -2.32. The standard InChI is InChI=1S/C26H26Cl2N4O6S/c1-3-29-26(34)18(2)30(16-19-12-13-20(27)14-24(19)28)25(33)17-31(21-8-7-9-22(15-21)32(35)36)39(37,38)23-10-5-4-6-11-23/h4-15,18H,3,16-17H2,1-2H3,(H,29,34)/t18-/m1/s1. The van der Waals surface area contributed by atoms with Gasteiger partial charge in [0.25, 0.3) is 15.7 Å². The summed E-state index contributed by atoms with van der Waals surface area (Å²) < 4.78 is 28.2. The molecule has 0 bridgehead atoms. The van der Waals surface area contributed by atoms with E-state index in [1.807, 2.05) is 0 Å². The summed E-state index contributed by atoms with van der Waals surface area (Å²) in [5.74, 6) is -1.19. The largest absolute Gasteiger partial charge is 0.355 e. The zero-order chi connectivity index (χ0) is 28.7. The van der Waals surface area contributed by atoms with Gasteiger partial charge in [0.05, 0.1) is 15.5 Å². The molecule has 0 aliphatic rings. The van der Waals surface area contributed by atoms with Crippen molar-refractivity contribution in [2.24, 2.45) is 0 Å². The molecule has 3 aromatic rings. The summed E-state index contributed by atoms with van der Waals surface area (Å²) >= 11 is 12.3. The number of nitro benzene ring substituents is 1. The van der Waals surface area contributed by atoms with Crippen LogP contribution in [-0.2, 0) is 26.2 Å². The minimum atomic E-state index is -4.35. The van der Waals surface area contributed by atoms with Gasteiger partial charge in [-0.05, 0) is 49.7 Å². The van der Waals surface area contributed by atoms with Gasteiger partial charge in [-0.25, -0.2) is 8.42 Å². The van der Waals surface area contributed by atoms with Crippen molar-refractivity contribution in [1.29, 1.82) is 0 Å². The number of hydrogen-bond donors (Lipinski definition) is 1. The van der Waals surface area contributed by atoms with Crippen LogP contribution in [0.2, 0.25) is 10.0 Å². The van der Waals surface area contributed by atoms with E-state index in [1.54, 1.807) is 25.1 Å². The quantitative estimate of drug-likeness (QED) is 0.255. The molecule has 39 heavy (non-hydrogen) atoms. The smallest absolute Gasteiger partial charge is 0.271 e. The average molecular weight is 593 g/mol. The lowest BCUT2D eigenvalue weighted by atomic mass is 10.1. The second kappa shape index (κ2) is 12.9. The minimum Gasteiger partial charge on any atom is -0.355 e. The number of sulfonamides is 1. The van der Waals surface area contributed by atoms with Gasteiger partial charge in [-0.15, -0.1) is 0 Å². The van der Waals surface area contributed by atoms with Crippen LogP contribution in [0, 0.1) is 10.1 Å². The van der Waals surface area contributed by atoms with Gasteiger partial charge in [-0.3, -0.25) is 24.0 Å². The van der Waals surface area contributed by atoms with Gasteiger partial charge in [-0.2, -0.15) is 0 Å². The van der Waals surface area contributed by atoms with Gasteiger partial charge in [0.1, 0.15) is 12.6 Å². The fraction of sp³-hybridized carbons (Fsp3) is 0.231. The molecule has 3 aromatic carbocycles. The molecule has 0 heterocycles. The fourth-order valence-electron chi connectivity index (χ4n) is 3.75. The molecule has 13 heteroatoms. The summed E-state index contributed by atoms with van der Waals surface area (Å²) in [6.45, 7) is 2.68. The highest BCUT2D eigenvalue weighted by atomic mass is 35.5. The maximum Gasteiger partial charge on any atom is 0.271 e. The first-order valence-electron chi connectivity index (χ1n) is 11.8. The van der Waals surface area contributed by atoms with Crippen LogP contribution in [0.4, 0.5) is 11.4 Å². The number of amides is 2. The van der Waals surface area contributed by atoms with E-state index in [0.29, 0.717) is 17.1 Å². The van der Waals surface area contributed by atoms with E-state index < -0.39 is 39.3 Å².